The molecule has 0 radical (unpaired) electrons. The van der Waals surface area contributed by atoms with Gasteiger partial charge in [0.2, 0.25) is 0 Å². The van der Waals surface area contributed by atoms with Crippen molar-refractivity contribution in [2.45, 2.75) is 23.5 Å². The van der Waals surface area contributed by atoms with Gasteiger partial charge in [-0.2, -0.15) is 0 Å². The summed E-state index contributed by atoms with van der Waals surface area (Å²) in [6.45, 7) is 1.11. The van der Waals surface area contributed by atoms with Gasteiger partial charge in [0, 0.05) is 22.9 Å². The van der Waals surface area contributed by atoms with Crippen molar-refractivity contribution in [1.29, 1.82) is 0 Å². The lowest BCUT2D eigenvalue weighted by molar-refractivity contribution is 0.828. The van der Waals surface area contributed by atoms with E-state index in [1.807, 2.05) is 11.8 Å². The summed E-state index contributed by atoms with van der Waals surface area (Å²) < 4.78 is 0. The van der Waals surface area contributed by atoms with E-state index in [4.69, 9.17) is 0 Å². The Morgan fingerprint density at radius 2 is 1.94 bits per heavy atom. The Bertz CT molecular complexity index is 522. The third-order valence-electron chi connectivity index (χ3n) is 3.27. The molecule has 0 spiro atoms. The molecular weight excluding hydrogens is 238 g/mol. The number of hydrogen-bond donors (Lipinski definition) is 1. The second-order valence-electron chi connectivity index (χ2n) is 4.62. The fraction of sp³-hybridized carbons (Fsp3) is 0.250. The zero-order valence-electron chi connectivity index (χ0n) is 10.4. The molecule has 18 heavy (non-hydrogen) atoms. The molecule has 0 aliphatic carbocycles. The highest BCUT2D eigenvalue weighted by Gasteiger charge is 2.08. The van der Waals surface area contributed by atoms with Crippen molar-refractivity contribution in [2.24, 2.45) is 0 Å². The van der Waals surface area contributed by atoms with Crippen molar-refractivity contribution in [3.63, 3.8) is 0 Å². The predicted octanol–water partition coefficient (Wildman–Crippen LogP) is 4.34. The van der Waals surface area contributed by atoms with Gasteiger partial charge in [-0.15, -0.1) is 11.8 Å². The molecule has 3 rings (SSSR count). The Balaban J connectivity index is 1.70. The number of rotatable bonds is 3. The molecule has 2 aromatic carbocycles. The standard InChI is InChI=1S/C16H17NS/c1-2-5-13(6-3-1)12-18-15-9-8-14-7-4-10-17-16(14)11-15/h1-3,5-6,8-9,11,17H,4,7,10,12H2. The van der Waals surface area contributed by atoms with Crippen molar-refractivity contribution in [1.82, 2.24) is 0 Å². The van der Waals surface area contributed by atoms with Crippen LogP contribution in [0, 0.1) is 0 Å². The van der Waals surface area contributed by atoms with Crippen LogP contribution in [0.25, 0.3) is 0 Å². The van der Waals surface area contributed by atoms with Crippen molar-refractivity contribution < 1.29 is 0 Å². The summed E-state index contributed by atoms with van der Waals surface area (Å²) >= 11 is 1.91. The zero-order valence-corrected chi connectivity index (χ0v) is 11.2. The van der Waals surface area contributed by atoms with E-state index in [1.165, 1.54) is 34.6 Å². The summed E-state index contributed by atoms with van der Waals surface area (Å²) in [5.74, 6) is 1.04. The summed E-state index contributed by atoms with van der Waals surface area (Å²) in [6.07, 6.45) is 2.47. The highest BCUT2D eigenvalue weighted by Crippen LogP contribution is 2.29. The first-order valence-electron chi connectivity index (χ1n) is 6.45. The third kappa shape index (κ3) is 2.70. The average molecular weight is 255 g/mol. The van der Waals surface area contributed by atoms with Crippen molar-refractivity contribution in [3.8, 4) is 0 Å². The minimum atomic E-state index is 1.04. The maximum absolute atomic E-state index is 3.49. The molecule has 0 unspecified atom stereocenters. The number of anilines is 1. The Labute approximate surface area is 113 Å². The summed E-state index contributed by atoms with van der Waals surface area (Å²) in [5.41, 5.74) is 4.18. The van der Waals surface area contributed by atoms with E-state index in [-0.39, 0.29) is 0 Å². The molecule has 0 atom stereocenters. The summed E-state index contributed by atoms with van der Waals surface area (Å²) in [7, 11) is 0. The van der Waals surface area contributed by atoms with Gasteiger partial charge in [-0.3, -0.25) is 0 Å². The molecule has 0 saturated carbocycles. The van der Waals surface area contributed by atoms with Gasteiger partial charge in [-0.25, -0.2) is 0 Å². The molecule has 1 aliphatic heterocycles. The van der Waals surface area contributed by atoms with Crippen LogP contribution in [0.3, 0.4) is 0 Å². The SMILES string of the molecule is c1ccc(CSc2ccc3c(c2)NCCC3)cc1. The maximum Gasteiger partial charge on any atom is 0.0383 e. The van der Waals surface area contributed by atoms with Gasteiger partial charge in [0.05, 0.1) is 0 Å². The van der Waals surface area contributed by atoms with E-state index < -0.39 is 0 Å². The average Bonchev–Trinajstić information content (AvgIpc) is 2.46. The number of nitrogens with one attached hydrogen (secondary N) is 1. The minimum Gasteiger partial charge on any atom is -0.385 e. The largest absolute Gasteiger partial charge is 0.385 e. The highest BCUT2D eigenvalue weighted by molar-refractivity contribution is 7.98. The van der Waals surface area contributed by atoms with Gasteiger partial charge in [-0.1, -0.05) is 36.4 Å². The van der Waals surface area contributed by atoms with Crippen LogP contribution in [0.2, 0.25) is 0 Å². The van der Waals surface area contributed by atoms with Crippen LogP contribution in [-0.2, 0) is 12.2 Å². The number of hydrogen-bond acceptors (Lipinski definition) is 2. The molecule has 0 bridgehead atoms. The highest BCUT2D eigenvalue weighted by atomic mass is 32.2. The fourth-order valence-electron chi connectivity index (χ4n) is 2.27. The number of thioether (sulfide) groups is 1. The van der Waals surface area contributed by atoms with Crippen LogP contribution in [0.5, 0.6) is 0 Å². The van der Waals surface area contributed by atoms with Crippen molar-refractivity contribution in [3.05, 3.63) is 59.7 Å². The Morgan fingerprint density at radius 1 is 1.06 bits per heavy atom. The first-order chi connectivity index (χ1) is 8.92. The van der Waals surface area contributed by atoms with Crippen LogP contribution >= 0.6 is 11.8 Å². The van der Waals surface area contributed by atoms with Gasteiger partial charge in [0.1, 0.15) is 0 Å². The molecule has 1 heterocycles. The molecule has 2 aromatic rings. The van der Waals surface area contributed by atoms with E-state index in [9.17, 15) is 0 Å². The molecule has 1 N–H and O–H groups in total. The van der Waals surface area contributed by atoms with E-state index >= 15 is 0 Å². The molecule has 0 fully saturated rings. The predicted molar refractivity (Wildman–Crippen MR) is 79.3 cm³/mol. The first-order valence-corrected chi connectivity index (χ1v) is 7.44. The maximum atomic E-state index is 3.49. The zero-order chi connectivity index (χ0) is 12.2. The monoisotopic (exact) mass is 255 g/mol. The first kappa shape index (κ1) is 11.7. The summed E-state index contributed by atoms with van der Waals surface area (Å²) in [6, 6.07) is 17.5. The summed E-state index contributed by atoms with van der Waals surface area (Å²) in [5, 5.41) is 3.49. The number of fused-ring (bicyclic) bond motifs is 1. The fourth-order valence-corrected chi connectivity index (χ4v) is 3.16. The van der Waals surface area contributed by atoms with Gasteiger partial charge < -0.3 is 5.32 Å². The van der Waals surface area contributed by atoms with E-state index in [2.05, 4.69) is 53.8 Å². The van der Waals surface area contributed by atoms with Gasteiger partial charge in [0.25, 0.3) is 0 Å². The second-order valence-corrected chi connectivity index (χ2v) is 5.67. The quantitative estimate of drug-likeness (QED) is 0.819. The van der Waals surface area contributed by atoms with Crippen LogP contribution in [0.4, 0.5) is 5.69 Å². The van der Waals surface area contributed by atoms with Gasteiger partial charge in [-0.05, 0) is 36.1 Å². The smallest absolute Gasteiger partial charge is 0.0383 e. The van der Waals surface area contributed by atoms with E-state index in [0.717, 1.165) is 12.3 Å². The van der Waals surface area contributed by atoms with Crippen molar-refractivity contribution in [2.75, 3.05) is 11.9 Å². The van der Waals surface area contributed by atoms with E-state index in [1.54, 1.807) is 0 Å². The lowest BCUT2D eigenvalue weighted by Crippen LogP contribution is -2.11. The van der Waals surface area contributed by atoms with Gasteiger partial charge >= 0.3 is 0 Å². The van der Waals surface area contributed by atoms with Crippen LogP contribution in [0.1, 0.15) is 17.5 Å². The molecule has 0 saturated heterocycles. The lowest BCUT2D eigenvalue weighted by Gasteiger charge is -2.18. The van der Waals surface area contributed by atoms with Crippen LogP contribution in [0.15, 0.2) is 53.4 Å². The summed E-state index contributed by atoms with van der Waals surface area (Å²) in [4.78, 5) is 1.35. The number of benzene rings is 2. The molecule has 2 heteroatoms. The Morgan fingerprint density at radius 3 is 2.83 bits per heavy atom. The molecule has 92 valence electrons. The third-order valence-corrected chi connectivity index (χ3v) is 4.33. The molecule has 0 amide bonds. The molecule has 1 aliphatic rings. The molecule has 1 nitrogen and oxygen atoms in total. The normalized spacial score (nSPS) is 13.8. The Kier molecular flexibility index (Phi) is 3.56. The van der Waals surface area contributed by atoms with Crippen LogP contribution in [-0.4, -0.2) is 6.54 Å². The van der Waals surface area contributed by atoms with Gasteiger partial charge in [0.15, 0.2) is 0 Å². The lowest BCUT2D eigenvalue weighted by atomic mass is 10.0. The van der Waals surface area contributed by atoms with Crippen LogP contribution < -0.4 is 5.32 Å². The number of aryl methyl sites for hydroxylation is 1. The van der Waals surface area contributed by atoms with Crippen molar-refractivity contribution >= 4 is 17.4 Å². The Hall–Kier alpha value is -1.41. The molecular formula is C16H17NS. The minimum absolute atomic E-state index is 1.04. The molecule has 0 aromatic heterocycles. The van der Waals surface area contributed by atoms with E-state index in [0.29, 0.717) is 0 Å². The second kappa shape index (κ2) is 5.49. The topological polar surface area (TPSA) is 12.0 Å².